The van der Waals surface area contributed by atoms with E-state index in [4.69, 9.17) is 0 Å². The molecule has 0 saturated heterocycles. The molecule has 0 aliphatic carbocycles. The molecule has 6 nitrogen and oxygen atoms in total. The molecule has 1 N–H and O–H groups in total. The van der Waals surface area contributed by atoms with Crippen molar-refractivity contribution in [3.8, 4) is 0 Å². The summed E-state index contributed by atoms with van der Waals surface area (Å²) in [5, 5.41) is 10.4. The molecule has 0 atom stereocenters. The Labute approximate surface area is 110 Å². The van der Waals surface area contributed by atoms with E-state index in [1.807, 2.05) is 0 Å². The Bertz CT molecular complexity index is 757. The summed E-state index contributed by atoms with van der Waals surface area (Å²) in [6, 6.07) is 2.63. The summed E-state index contributed by atoms with van der Waals surface area (Å²) in [7, 11) is 1.74. The highest BCUT2D eigenvalue weighted by Crippen LogP contribution is 2.30. The van der Waals surface area contributed by atoms with Gasteiger partial charge in [0, 0.05) is 37.8 Å². The lowest BCUT2D eigenvalue weighted by Gasteiger charge is -2.03. The molecule has 3 heterocycles. The van der Waals surface area contributed by atoms with Crippen LogP contribution in [0.1, 0.15) is 5.69 Å². The van der Waals surface area contributed by atoms with Gasteiger partial charge in [-0.05, 0) is 0 Å². The van der Waals surface area contributed by atoms with Crippen molar-refractivity contribution in [3.05, 3.63) is 36.4 Å². The average Bonchev–Trinajstić information content (AvgIpc) is 2.95. The van der Waals surface area contributed by atoms with Crippen molar-refractivity contribution in [2.24, 2.45) is 7.05 Å². The Morgan fingerprint density at radius 3 is 2.65 bits per heavy atom. The number of aryl methyl sites for hydroxylation is 1. The first kappa shape index (κ1) is 12.5. The third-order valence-corrected chi connectivity index (χ3v) is 2.64. The molecule has 20 heavy (non-hydrogen) atoms. The highest BCUT2D eigenvalue weighted by Gasteiger charge is 2.34. The second-order valence-electron chi connectivity index (χ2n) is 4.13. The van der Waals surface area contributed by atoms with Crippen LogP contribution in [0.4, 0.5) is 24.8 Å². The molecular weight excluding hydrogens is 273 g/mol. The molecule has 0 spiro atoms. The fourth-order valence-corrected chi connectivity index (χ4v) is 1.76. The molecular formula is C11H9F3N6. The second-order valence-corrected chi connectivity index (χ2v) is 4.13. The van der Waals surface area contributed by atoms with E-state index in [9.17, 15) is 13.2 Å². The SMILES string of the molecule is Cn1ccc(Nc2nccn3nc(C(F)(F)F)cc23)n1. The monoisotopic (exact) mass is 282 g/mol. The maximum atomic E-state index is 12.7. The molecule has 0 aromatic carbocycles. The van der Waals surface area contributed by atoms with Crippen LogP contribution in [-0.4, -0.2) is 24.4 Å². The van der Waals surface area contributed by atoms with Crippen LogP contribution in [0.25, 0.3) is 5.52 Å². The van der Waals surface area contributed by atoms with Crippen LogP contribution >= 0.6 is 0 Å². The van der Waals surface area contributed by atoms with Crippen LogP contribution in [0.3, 0.4) is 0 Å². The van der Waals surface area contributed by atoms with Crippen LogP contribution in [-0.2, 0) is 13.2 Å². The minimum absolute atomic E-state index is 0.227. The Morgan fingerprint density at radius 2 is 2.00 bits per heavy atom. The molecule has 0 radical (unpaired) electrons. The molecule has 0 amide bonds. The summed E-state index contributed by atoms with van der Waals surface area (Å²) in [5.74, 6) is 0.747. The van der Waals surface area contributed by atoms with Gasteiger partial charge in [-0.1, -0.05) is 0 Å². The third-order valence-electron chi connectivity index (χ3n) is 2.64. The molecule has 0 aliphatic rings. The summed E-state index contributed by atoms with van der Waals surface area (Å²) in [5.41, 5.74) is -0.736. The number of nitrogens with zero attached hydrogens (tertiary/aromatic N) is 5. The van der Waals surface area contributed by atoms with Gasteiger partial charge in [-0.25, -0.2) is 9.50 Å². The Kier molecular flexibility index (Phi) is 2.63. The summed E-state index contributed by atoms with van der Waals surface area (Å²) in [6.45, 7) is 0. The summed E-state index contributed by atoms with van der Waals surface area (Å²) in [6.07, 6.45) is -0.0616. The first-order chi connectivity index (χ1) is 9.43. The van der Waals surface area contributed by atoms with Crippen LogP contribution in [0.5, 0.6) is 0 Å². The molecule has 0 fully saturated rings. The molecule has 3 aromatic heterocycles. The van der Waals surface area contributed by atoms with E-state index in [-0.39, 0.29) is 11.3 Å². The number of anilines is 2. The highest BCUT2D eigenvalue weighted by molar-refractivity contribution is 5.72. The molecule has 0 unspecified atom stereocenters. The van der Waals surface area contributed by atoms with E-state index in [0.29, 0.717) is 5.82 Å². The number of hydrogen-bond donors (Lipinski definition) is 1. The van der Waals surface area contributed by atoms with Crippen LogP contribution in [0, 0.1) is 0 Å². The van der Waals surface area contributed by atoms with E-state index in [1.54, 1.807) is 24.0 Å². The van der Waals surface area contributed by atoms with E-state index in [1.165, 1.54) is 12.4 Å². The van der Waals surface area contributed by atoms with Gasteiger partial charge in [0.1, 0.15) is 5.52 Å². The van der Waals surface area contributed by atoms with Crippen molar-refractivity contribution in [2.45, 2.75) is 6.18 Å². The van der Waals surface area contributed by atoms with Gasteiger partial charge in [-0.3, -0.25) is 4.68 Å². The Balaban J connectivity index is 2.05. The largest absolute Gasteiger partial charge is 0.435 e. The van der Waals surface area contributed by atoms with Crippen molar-refractivity contribution >= 4 is 17.2 Å². The number of alkyl halides is 3. The van der Waals surface area contributed by atoms with Gasteiger partial charge in [-0.2, -0.15) is 23.4 Å². The van der Waals surface area contributed by atoms with E-state index in [0.717, 1.165) is 10.6 Å². The van der Waals surface area contributed by atoms with Gasteiger partial charge in [0.15, 0.2) is 17.3 Å². The Morgan fingerprint density at radius 1 is 1.20 bits per heavy atom. The van der Waals surface area contributed by atoms with Gasteiger partial charge < -0.3 is 5.32 Å². The van der Waals surface area contributed by atoms with Crippen molar-refractivity contribution in [2.75, 3.05) is 5.32 Å². The van der Waals surface area contributed by atoms with Crippen molar-refractivity contribution in [1.29, 1.82) is 0 Å². The highest BCUT2D eigenvalue weighted by atomic mass is 19.4. The molecule has 9 heteroatoms. The summed E-state index contributed by atoms with van der Waals surface area (Å²) < 4.78 is 40.7. The standard InChI is InChI=1S/C11H9F3N6/c1-19-4-2-9(18-19)16-10-7-6-8(11(12,13)14)17-20(7)5-3-15-10/h2-6H,1H3,(H,15,16,18). The first-order valence-corrected chi connectivity index (χ1v) is 5.62. The lowest BCUT2D eigenvalue weighted by atomic mass is 10.3. The van der Waals surface area contributed by atoms with Crippen LogP contribution in [0.15, 0.2) is 30.7 Å². The lowest BCUT2D eigenvalue weighted by Crippen LogP contribution is -2.05. The van der Waals surface area contributed by atoms with E-state index in [2.05, 4.69) is 20.5 Å². The van der Waals surface area contributed by atoms with Crippen LogP contribution in [0.2, 0.25) is 0 Å². The number of fused-ring (bicyclic) bond motifs is 1. The van der Waals surface area contributed by atoms with Crippen LogP contribution < -0.4 is 5.32 Å². The minimum atomic E-state index is -4.49. The average molecular weight is 282 g/mol. The third kappa shape index (κ3) is 2.17. The number of nitrogens with one attached hydrogen (secondary N) is 1. The topological polar surface area (TPSA) is 60.0 Å². The molecule has 0 bridgehead atoms. The first-order valence-electron chi connectivity index (χ1n) is 5.62. The molecule has 3 aromatic rings. The number of rotatable bonds is 2. The van der Waals surface area contributed by atoms with Gasteiger partial charge >= 0.3 is 6.18 Å². The summed E-state index contributed by atoms with van der Waals surface area (Å²) >= 11 is 0. The quantitative estimate of drug-likeness (QED) is 0.783. The number of halogens is 3. The summed E-state index contributed by atoms with van der Waals surface area (Å²) in [4.78, 5) is 4.02. The van der Waals surface area contributed by atoms with Crippen molar-refractivity contribution in [1.82, 2.24) is 24.4 Å². The van der Waals surface area contributed by atoms with Crippen molar-refractivity contribution in [3.63, 3.8) is 0 Å². The van der Waals surface area contributed by atoms with Gasteiger partial charge in [0.2, 0.25) is 0 Å². The number of hydrogen-bond acceptors (Lipinski definition) is 4. The predicted molar refractivity (Wildman–Crippen MR) is 64.5 cm³/mol. The lowest BCUT2D eigenvalue weighted by molar-refractivity contribution is -0.141. The predicted octanol–water partition coefficient (Wildman–Crippen LogP) is 2.23. The fourth-order valence-electron chi connectivity index (χ4n) is 1.76. The van der Waals surface area contributed by atoms with E-state index >= 15 is 0 Å². The zero-order valence-corrected chi connectivity index (χ0v) is 10.3. The molecule has 3 rings (SSSR count). The minimum Gasteiger partial charge on any atom is -0.322 e. The fraction of sp³-hybridized carbons (Fsp3) is 0.182. The normalized spacial score (nSPS) is 12.0. The van der Waals surface area contributed by atoms with Gasteiger partial charge in [0.05, 0.1) is 0 Å². The van der Waals surface area contributed by atoms with Gasteiger partial charge in [-0.15, -0.1) is 0 Å². The Hall–Kier alpha value is -2.58. The molecule has 104 valence electrons. The molecule has 0 saturated carbocycles. The van der Waals surface area contributed by atoms with Crippen molar-refractivity contribution < 1.29 is 13.2 Å². The maximum absolute atomic E-state index is 12.7. The smallest absolute Gasteiger partial charge is 0.322 e. The van der Waals surface area contributed by atoms with E-state index < -0.39 is 11.9 Å². The molecule has 0 aliphatic heterocycles. The maximum Gasteiger partial charge on any atom is 0.435 e. The van der Waals surface area contributed by atoms with Gasteiger partial charge in [0.25, 0.3) is 0 Å². The zero-order chi connectivity index (χ0) is 14.3. The second kappa shape index (κ2) is 4.22. The zero-order valence-electron chi connectivity index (χ0n) is 10.3. The number of aromatic nitrogens is 5.